The van der Waals surface area contributed by atoms with Gasteiger partial charge in [-0.25, -0.2) is 4.79 Å². The van der Waals surface area contributed by atoms with Gasteiger partial charge in [-0.05, 0) is 29.7 Å². The van der Waals surface area contributed by atoms with Crippen LogP contribution in [0.1, 0.15) is 24.0 Å². The predicted octanol–water partition coefficient (Wildman–Crippen LogP) is 2.23. The molecule has 0 saturated carbocycles. The molecule has 0 spiro atoms. The van der Waals surface area contributed by atoms with Gasteiger partial charge < -0.3 is 19.6 Å². The molecule has 1 fully saturated rings. The molecule has 2 amide bonds. The van der Waals surface area contributed by atoms with Gasteiger partial charge >= 0.3 is 5.97 Å². The number of amides is 2. The Hall–Kier alpha value is -3.35. The summed E-state index contributed by atoms with van der Waals surface area (Å²) >= 11 is 0. The number of carbonyl (C=O) groups is 3. The average Bonchev–Trinajstić information content (AvgIpc) is 3.17. The minimum absolute atomic E-state index is 0.0782. The molecule has 7 nitrogen and oxygen atoms in total. The molecular formula is C22H22N2O5. The molecule has 150 valence electrons. The molecule has 29 heavy (non-hydrogen) atoms. The summed E-state index contributed by atoms with van der Waals surface area (Å²) in [7, 11) is 0. The Balaban J connectivity index is 1.45. The first kappa shape index (κ1) is 19.0. The van der Waals surface area contributed by atoms with Gasteiger partial charge in [0.2, 0.25) is 5.91 Å². The van der Waals surface area contributed by atoms with E-state index in [1.807, 2.05) is 30.3 Å². The number of fused-ring (bicyclic) bond motifs is 1. The highest BCUT2D eigenvalue weighted by Crippen LogP contribution is 2.26. The monoisotopic (exact) mass is 394 g/mol. The first-order valence-corrected chi connectivity index (χ1v) is 9.65. The van der Waals surface area contributed by atoms with Gasteiger partial charge in [-0.2, -0.15) is 0 Å². The molecule has 2 aliphatic rings. The number of rotatable bonds is 5. The van der Waals surface area contributed by atoms with Crippen molar-refractivity contribution in [1.29, 1.82) is 0 Å². The van der Waals surface area contributed by atoms with Crippen LogP contribution in [0.25, 0.3) is 0 Å². The summed E-state index contributed by atoms with van der Waals surface area (Å²) in [5, 5.41) is 9.58. The van der Waals surface area contributed by atoms with Crippen LogP contribution in [-0.2, 0) is 27.3 Å². The largest absolute Gasteiger partial charge is 0.484 e. The summed E-state index contributed by atoms with van der Waals surface area (Å²) in [6.07, 6.45) is 1.65. The van der Waals surface area contributed by atoms with Crippen LogP contribution in [0.15, 0.2) is 48.5 Å². The number of aliphatic carboxylic acids is 1. The molecule has 0 bridgehead atoms. The Morgan fingerprint density at radius 1 is 1.10 bits per heavy atom. The van der Waals surface area contributed by atoms with Crippen LogP contribution in [-0.4, -0.2) is 47.0 Å². The summed E-state index contributed by atoms with van der Waals surface area (Å²) in [4.78, 5) is 39.5. The SMILES string of the molecule is O=C(O)C1Cc2ccccc2CN1C(=O)COc1cccc(N2CCCC2=O)c1. The third kappa shape index (κ3) is 3.94. The van der Waals surface area contributed by atoms with Crippen molar-refractivity contribution < 1.29 is 24.2 Å². The number of benzene rings is 2. The second-order valence-corrected chi connectivity index (χ2v) is 7.28. The fourth-order valence-corrected chi connectivity index (χ4v) is 3.90. The summed E-state index contributed by atoms with van der Waals surface area (Å²) in [6.45, 7) is 0.662. The fourth-order valence-electron chi connectivity index (χ4n) is 3.90. The van der Waals surface area contributed by atoms with E-state index < -0.39 is 12.0 Å². The molecule has 7 heteroatoms. The number of hydrogen-bond donors (Lipinski definition) is 1. The van der Waals surface area contributed by atoms with E-state index in [4.69, 9.17) is 4.74 Å². The van der Waals surface area contributed by atoms with Crippen molar-refractivity contribution in [3.05, 3.63) is 59.7 Å². The van der Waals surface area contributed by atoms with E-state index >= 15 is 0 Å². The Labute approximate surface area is 168 Å². The Bertz CT molecular complexity index is 958. The van der Waals surface area contributed by atoms with Crippen molar-refractivity contribution in [2.75, 3.05) is 18.1 Å². The van der Waals surface area contributed by atoms with E-state index in [0.29, 0.717) is 18.7 Å². The van der Waals surface area contributed by atoms with E-state index in [1.165, 1.54) is 4.90 Å². The number of hydrogen-bond acceptors (Lipinski definition) is 4. The van der Waals surface area contributed by atoms with Crippen molar-refractivity contribution in [3.8, 4) is 5.75 Å². The highest BCUT2D eigenvalue weighted by Gasteiger charge is 2.34. The maximum Gasteiger partial charge on any atom is 0.326 e. The zero-order valence-corrected chi connectivity index (χ0v) is 15.9. The van der Waals surface area contributed by atoms with Gasteiger partial charge in [-0.1, -0.05) is 30.3 Å². The highest BCUT2D eigenvalue weighted by atomic mass is 16.5. The minimum atomic E-state index is -1.03. The Morgan fingerprint density at radius 2 is 1.90 bits per heavy atom. The van der Waals surface area contributed by atoms with Crippen molar-refractivity contribution in [2.45, 2.75) is 31.8 Å². The van der Waals surface area contributed by atoms with Gasteiger partial charge in [-0.3, -0.25) is 9.59 Å². The maximum atomic E-state index is 12.8. The second-order valence-electron chi connectivity index (χ2n) is 7.28. The molecule has 2 aromatic rings. The van der Waals surface area contributed by atoms with E-state index in [1.54, 1.807) is 23.1 Å². The number of carboxylic acid groups (broad SMARTS) is 1. The number of anilines is 1. The molecule has 0 radical (unpaired) electrons. The van der Waals surface area contributed by atoms with E-state index in [9.17, 15) is 19.5 Å². The third-order valence-corrected chi connectivity index (χ3v) is 5.42. The number of carboxylic acids is 1. The van der Waals surface area contributed by atoms with E-state index in [-0.39, 0.29) is 31.4 Å². The van der Waals surface area contributed by atoms with Crippen LogP contribution in [0.3, 0.4) is 0 Å². The Morgan fingerprint density at radius 3 is 2.62 bits per heavy atom. The van der Waals surface area contributed by atoms with Gasteiger partial charge in [0, 0.05) is 37.7 Å². The zero-order valence-electron chi connectivity index (χ0n) is 15.9. The van der Waals surface area contributed by atoms with Crippen LogP contribution in [0.2, 0.25) is 0 Å². The van der Waals surface area contributed by atoms with Gasteiger partial charge in [0.1, 0.15) is 11.8 Å². The molecule has 1 N–H and O–H groups in total. The van der Waals surface area contributed by atoms with Crippen LogP contribution in [0.5, 0.6) is 5.75 Å². The Kier molecular flexibility index (Phi) is 5.20. The maximum absolute atomic E-state index is 12.8. The lowest BCUT2D eigenvalue weighted by atomic mass is 9.94. The first-order chi connectivity index (χ1) is 14.0. The molecule has 0 aromatic heterocycles. The van der Waals surface area contributed by atoms with Gasteiger partial charge in [-0.15, -0.1) is 0 Å². The van der Waals surface area contributed by atoms with E-state index in [0.717, 1.165) is 23.2 Å². The summed E-state index contributed by atoms with van der Waals surface area (Å²) < 4.78 is 5.65. The fraction of sp³-hybridized carbons (Fsp3) is 0.318. The molecule has 2 aromatic carbocycles. The minimum Gasteiger partial charge on any atom is -0.484 e. The van der Waals surface area contributed by atoms with Gasteiger partial charge in [0.25, 0.3) is 5.91 Å². The van der Waals surface area contributed by atoms with Crippen LogP contribution < -0.4 is 9.64 Å². The third-order valence-electron chi connectivity index (χ3n) is 5.42. The predicted molar refractivity (Wildman–Crippen MR) is 106 cm³/mol. The van der Waals surface area contributed by atoms with Crippen LogP contribution in [0.4, 0.5) is 5.69 Å². The number of nitrogens with zero attached hydrogens (tertiary/aromatic N) is 2. The van der Waals surface area contributed by atoms with Gasteiger partial charge in [0.15, 0.2) is 6.61 Å². The molecule has 1 unspecified atom stereocenters. The molecule has 2 aliphatic heterocycles. The topological polar surface area (TPSA) is 87.2 Å². The quantitative estimate of drug-likeness (QED) is 0.840. The first-order valence-electron chi connectivity index (χ1n) is 9.65. The molecular weight excluding hydrogens is 372 g/mol. The summed E-state index contributed by atoms with van der Waals surface area (Å²) in [6, 6.07) is 13.7. The van der Waals surface area contributed by atoms with Crippen LogP contribution >= 0.6 is 0 Å². The van der Waals surface area contributed by atoms with Crippen molar-refractivity contribution >= 4 is 23.5 Å². The molecule has 1 saturated heterocycles. The molecule has 0 aliphatic carbocycles. The van der Waals surface area contributed by atoms with Gasteiger partial charge in [0.05, 0.1) is 0 Å². The standard InChI is InChI=1S/C22H22N2O5/c25-20-9-4-10-23(20)17-7-3-8-18(12-17)29-14-21(26)24-13-16-6-2-1-5-15(16)11-19(24)22(27)28/h1-3,5-8,12,19H,4,9-11,13-14H2,(H,27,28). The molecule has 2 heterocycles. The smallest absolute Gasteiger partial charge is 0.326 e. The molecule has 1 atom stereocenters. The lowest BCUT2D eigenvalue weighted by Crippen LogP contribution is -2.50. The zero-order chi connectivity index (χ0) is 20.4. The number of carbonyl (C=O) groups excluding carboxylic acids is 2. The lowest BCUT2D eigenvalue weighted by Gasteiger charge is -2.34. The van der Waals surface area contributed by atoms with Crippen molar-refractivity contribution in [2.24, 2.45) is 0 Å². The lowest BCUT2D eigenvalue weighted by molar-refractivity contribution is -0.152. The normalized spacial score (nSPS) is 18.5. The average molecular weight is 394 g/mol. The summed E-state index contributed by atoms with van der Waals surface area (Å²) in [5.41, 5.74) is 2.65. The highest BCUT2D eigenvalue weighted by molar-refractivity contribution is 5.95. The van der Waals surface area contributed by atoms with Crippen molar-refractivity contribution in [1.82, 2.24) is 4.90 Å². The van der Waals surface area contributed by atoms with Crippen molar-refractivity contribution in [3.63, 3.8) is 0 Å². The van der Waals surface area contributed by atoms with E-state index in [2.05, 4.69) is 0 Å². The second kappa shape index (κ2) is 7.95. The molecule has 4 rings (SSSR count). The van der Waals surface area contributed by atoms with Crippen LogP contribution in [0, 0.1) is 0 Å². The summed E-state index contributed by atoms with van der Waals surface area (Å²) in [5.74, 6) is -0.855. The number of ether oxygens (including phenoxy) is 1.